The highest BCUT2D eigenvalue weighted by atomic mass is 35.5. The van der Waals surface area contributed by atoms with Gasteiger partial charge in [0.1, 0.15) is 0 Å². The Morgan fingerprint density at radius 3 is 2.24 bits per heavy atom. The van der Waals surface area contributed by atoms with Crippen molar-refractivity contribution >= 4 is 64.0 Å². The Morgan fingerprint density at radius 1 is 0.970 bits per heavy atom. The Kier molecular flexibility index (Phi) is 6.62. The quantitative estimate of drug-likeness (QED) is 0.498. The fourth-order valence-corrected chi connectivity index (χ4v) is 4.40. The first kappa shape index (κ1) is 22.8. The first-order valence-corrected chi connectivity index (χ1v) is 11.3. The lowest BCUT2D eigenvalue weighted by Gasteiger charge is -2.15. The van der Waals surface area contributed by atoms with E-state index in [-0.39, 0.29) is 37.7 Å². The minimum absolute atomic E-state index is 0.0310. The minimum atomic E-state index is -0.418. The second-order valence-corrected chi connectivity index (χ2v) is 8.74. The molecule has 0 radical (unpaired) electrons. The lowest BCUT2D eigenvalue weighted by molar-refractivity contribution is -0.123. The molecule has 0 aromatic heterocycles. The number of nitrogens with one attached hydrogen (secondary N) is 1. The Bertz CT molecular complexity index is 1160. The zero-order valence-electron chi connectivity index (χ0n) is 17.2. The van der Waals surface area contributed by atoms with Crippen molar-refractivity contribution in [2.75, 3.05) is 18.0 Å². The summed E-state index contributed by atoms with van der Waals surface area (Å²) in [6.07, 6.45) is 1.99. The number of halogens is 1. The summed E-state index contributed by atoms with van der Waals surface area (Å²) in [5.74, 6) is -1.35. The number of hydrogen-bond acceptors (Lipinski definition) is 6. The van der Waals surface area contributed by atoms with Crippen LogP contribution in [-0.2, 0) is 14.4 Å². The van der Waals surface area contributed by atoms with Crippen LogP contribution in [0.5, 0.6) is 0 Å². The standard InChI is InChI=1S/C23H18ClN3O5S/c24-16-5-1-14(2-6-16)13-18-22(31)26(23(32)33-18)12-11-25-21(30)15-3-7-17(8-4-15)27-19(28)9-10-20(27)29/h1-8,13H,9-12H2,(H,25,30)/b18-13-. The van der Waals surface area contributed by atoms with Crippen molar-refractivity contribution in [1.82, 2.24) is 10.2 Å². The van der Waals surface area contributed by atoms with Crippen molar-refractivity contribution in [3.63, 3.8) is 0 Å². The van der Waals surface area contributed by atoms with Gasteiger partial charge in [0.05, 0.1) is 10.6 Å². The van der Waals surface area contributed by atoms with Crippen LogP contribution in [0.3, 0.4) is 0 Å². The number of hydrogen-bond donors (Lipinski definition) is 1. The molecule has 2 saturated heterocycles. The molecule has 2 aliphatic heterocycles. The van der Waals surface area contributed by atoms with Crippen molar-refractivity contribution in [3.05, 3.63) is 69.6 Å². The second kappa shape index (κ2) is 9.60. The molecule has 0 spiro atoms. The van der Waals surface area contributed by atoms with E-state index in [9.17, 15) is 24.0 Å². The summed E-state index contributed by atoms with van der Waals surface area (Å²) in [7, 11) is 0. The number of carbonyl (C=O) groups excluding carboxylic acids is 5. The van der Waals surface area contributed by atoms with Gasteiger partial charge >= 0.3 is 0 Å². The summed E-state index contributed by atoms with van der Waals surface area (Å²) in [5.41, 5.74) is 1.50. The maximum Gasteiger partial charge on any atom is 0.293 e. The third kappa shape index (κ3) is 4.99. The fourth-order valence-electron chi connectivity index (χ4n) is 3.41. The highest BCUT2D eigenvalue weighted by Crippen LogP contribution is 2.32. The molecule has 5 amide bonds. The van der Waals surface area contributed by atoms with E-state index in [1.54, 1.807) is 30.3 Å². The molecule has 2 fully saturated rings. The van der Waals surface area contributed by atoms with Crippen LogP contribution in [-0.4, -0.2) is 46.9 Å². The Hall–Kier alpha value is -3.43. The van der Waals surface area contributed by atoms with Crippen LogP contribution < -0.4 is 10.2 Å². The van der Waals surface area contributed by atoms with Gasteiger partial charge in [-0.3, -0.25) is 33.8 Å². The molecule has 0 aliphatic carbocycles. The molecule has 2 aromatic rings. The third-order valence-corrected chi connectivity index (χ3v) is 6.26. The van der Waals surface area contributed by atoms with E-state index in [4.69, 9.17) is 11.6 Å². The summed E-state index contributed by atoms with van der Waals surface area (Å²) in [4.78, 5) is 63.3. The molecule has 8 nitrogen and oxygen atoms in total. The van der Waals surface area contributed by atoms with E-state index in [1.807, 2.05) is 0 Å². The van der Waals surface area contributed by atoms with Crippen molar-refractivity contribution in [2.45, 2.75) is 12.8 Å². The summed E-state index contributed by atoms with van der Waals surface area (Å²) in [6.45, 7) is 0.110. The van der Waals surface area contributed by atoms with Crippen molar-refractivity contribution < 1.29 is 24.0 Å². The normalized spacial score (nSPS) is 17.4. The predicted molar refractivity (Wildman–Crippen MR) is 125 cm³/mol. The molecule has 2 aromatic carbocycles. The van der Waals surface area contributed by atoms with Gasteiger partial charge in [-0.25, -0.2) is 0 Å². The number of benzene rings is 2. The van der Waals surface area contributed by atoms with E-state index in [0.717, 1.165) is 27.1 Å². The van der Waals surface area contributed by atoms with Gasteiger partial charge in [0.15, 0.2) is 0 Å². The Balaban J connectivity index is 1.32. The van der Waals surface area contributed by atoms with Crippen LogP contribution in [0.2, 0.25) is 5.02 Å². The zero-order chi connectivity index (χ0) is 23.5. The average molecular weight is 484 g/mol. The molecule has 10 heteroatoms. The van der Waals surface area contributed by atoms with E-state index in [1.165, 1.54) is 24.3 Å². The van der Waals surface area contributed by atoms with Gasteiger partial charge in [0.25, 0.3) is 17.1 Å². The van der Waals surface area contributed by atoms with Crippen molar-refractivity contribution in [2.24, 2.45) is 0 Å². The summed E-state index contributed by atoms with van der Waals surface area (Å²) in [5, 5.41) is 2.84. The molecule has 33 heavy (non-hydrogen) atoms. The van der Waals surface area contributed by atoms with Crippen LogP contribution in [0.15, 0.2) is 53.4 Å². The highest BCUT2D eigenvalue weighted by Gasteiger charge is 2.34. The van der Waals surface area contributed by atoms with Crippen LogP contribution in [0.25, 0.3) is 6.08 Å². The van der Waals surface area contributed by atoms with Gasteiger partial charge in [-0.05, 0) is 59.8 Å². The number of anilines is 1. The lowest BCUT2D eigenvalue weighted by atomic mass is 10.2. The monoisotopic (exact) mass is 483 g/mol. The molecule has 1 N–H and O–H groups in total. The van der Waals surface area contributed by atoms with Gasteiger partial charge in [-0.2, -0.15) is 0 Å². The van der Waals surface area contributed by atoms with Crippen molar-refractivity contribution in [1.29, 1.82) is 0 Å². The average Bonchev–Trinajstić information content (AvgIpc) is 3.27. The van der Waals surface area contributed by atoms with Crippen LogP contribution in [0.4, 0.5) is 10.5 Å². The smallest absolute Gasteiger partial charge is 0.293 e. The second-order valence-electron chi connectivity index (χ2n) is 7.31. The minimum Gasteiger partial charge on any atom is -0.350 e. The largest absolute Gasteiger partial charge is 0.350 e. The summed E-state index contributed by atoms with van der Waals surface area (Å²) in [6, 6.07) is 13.0. The number of imide groups is 2. The third-order valence-electron chi connectivity index (χ3n) is 5.10. The van der Waals surface area contributed by atoms with E-state index in [0.29, 0.717) is 21.2 Å². The molecule has 4 rings (SSSR count). The molecule has 0 unspecified atom stereocenters. The maximum atomic E-state index is 12.6. The molecule has 2 aliphatic rings. The van der Waals surface area contributed by atoms with E-state index < -0.39 is 17.1 Å². The van der Waals surface area contributed by atoms with Crippen molar-refractivity contribution in [3.8, 4) is 0 Å². The number of carbonyl (C=O) groups is 5. The van der Waals surface area contributed by atoms with Gasteiger partial charge in [-0.15, -0.1) is 0 Å². The summed E-state index contributed by atoms with van der Waals surface area (Å²) < 4.78 is 0. The maximum absolute atomic E-state index is 12.6. The molecule has 0 atom stereocenters. The predicted octanol–water partition coefficient (Wildman–Crippen LogP) is 3.46. The number of rotatable bonds is 6. The Morgan fingerprint density at radius 2 is 1.61 bits per heavy atom. The fraction of sp³-hybridized carbons (Fsp3) is 0.174. The van der Waals surface area contributed by atoms with Gasteiger partial charge < -0.3 is 5.32 Å². The first-order chi connectivity index (χ1) is 15.8. The topological polar surface area (TPSA) is 104 Å². The SMILES string of the molecule is O=C(NCCN1C(=O)S/C(=C\c2ccc(Cl)cc2)C1=O)c1ccc(N2C(=O)CCC2=O)cc1. The lowest BCUT2D eigenvalue weighted by Crippen LogP contribution is -2.37. The molecule has 0 saturated carbocycles. The zero-order valence-corrected chi connectivity index (χ0v) is 18.8. The molecule has 2 heterocycles. The van der Waals surface area contributed by atoms with Gasteiger partial charge in [0, 0.05) is 36.5 Å². The van der Waals surface area contributed by atoms with Gasteiger partial charge in [0.2, 0.25) is 11.8 Å². The number of amides is 5. The molecule has 0 bridgehead atoms. The molecular weight excluding hydrogens is 466 g/mol. The highest BCUT2D eigenvalue weighted by molar-refractivity contribution is 8.18. The van der Waals surface area contributed by atoms with Crippen LogP contribution >= 0.6 is 23.4 Å². The Labute approximate surface area is 198 Å². The van der Waals surface area contributed by atoms with Crippen LogP contribution in [0, 0.1) is 0 Å². The van der Waals surface area contributed by atoms with Gasteiger partial charge in [-0.1, -0.05) is 23.7 Å². The summed E-state index contributed by atoms with van der Waals surface area (Å²) >= 11 is 6.70. The van der Waals surface area contributed by atoms with E-state index in [2.05, 4.69) is 5.32 Å². The van der Waals surface area contributed by atoms with E-state index >= 15 is 0 Å². The van der Waals surface area contributed by atoms with Crippen LogP contribution in [0.1, 0.15) is 28.8 Å². The molecular formula is C23H18ClN3O5S. The number of nitrogens with zero attached hydrogens (tertiary/aromatic N) is 2. The first-order valence-electron chi connectivity index (χ1n) is 10.1. The molecule has 168 valence electrons. The number of thioether (sulfide) groups is 1.